The minimum Gasteiger partial charge on any atom is -0.481 e. The maximum absolute atomic E-state index is 14.6. The van der Waals surface area contributed by atoms with Crippen LogP contribution < -0.4 is 10.3 Å². The first-order valence-electron chi connectivity index (χ1n) is 9.58. The number of likely N-dealkylation sites (tertiary alicyclic amines) is 1. The quantitative estimate of drug-likeness (QED) is 0.717. The van der Waals surface area contributed by atoms with E-state index in [2.05, 4.69) is 15.0 Å². The second-order valence-electron chi connectivity index (χ2n) is 7.29. The Bertz CT molecular complexity index is 1150. The van der Waals surface area contributed by atoms with Gasteiger partial charge in [-0.15, -0.1) is 0 Å². The van der Waals surface area contributed by atoms with E-state index in [4.69, 9.17) is 4.74 Å². The third-order valence-electron chi connectivity index (χ3n) is 5.36. The van der Waals surface area contributed by atoms with Crippen molar-refractivity contribution in [2.24, 2.45) is 0 Å². The summed E-state index contributed by atoms with van der Waals surface area (Å²) in [5.41, 5.74) is 1.22. The third-order valence-corrected chi connectivity index (χ3v) is 5.36. The lowest BCUT2D eigenvalue weighted by Crippen LogP contribution is -2.29. The van der Waals surface area contributed by atoms with Gasteiger partial charge in [-0.05, 0) is 24.6 Å². The summed E-state index contributed by atoms with van der Waals surface area (Å²) < 4.78 is 19.7. The highest BCUT2D eigenvalue weighted by Crippen LogP contribution is 2.40. The van der Waals surface area contributed by atoms with Crippen molar-refractivity contribution in [3.05, 3.63) is 87.5 Å². The van der Waals surface area contributed by atoms with Gasteiger partial charge in [-0.25, -0.2) is 14.4 Å². The van der Waals surface area contributed by atoms with E-state index in [1.165, 1.54) is 25.4 Å². The van der Waals surface area contributed by atoms with Gasteiger partial charge in [0.1, 0.15) is 11.6 Å². The Hall–Kier alpha value is -3.55. The van der Waals surface area contributed by atoms with Gasteiger partial charge in [-0.1, -0.05) is 18.2 Å². The lowest BCUT2D eigenvalue weighted by atomic mass is 9.86. The van der Waals surface area contributed by atoms with Crippen LogP contribution in [-0.2, 0) is 0 Å². The Morgan fingerprint density at radius 2 is 1.97 bits per heavy atom. The average Bonchev–Trinajstić information content (AvgIpc) is 3.18. The largest absolute Gasteiger partial charge is 0.481 e. The first-order chi connectivity index (χ1) is 14.5. The van der Waals surface area contributed by atoms with Gasteiger partial charge in [0, 0.05) is 48.8 Å². The molecule has 0 saturated carbocycles. The molecule has 0 unspecified atom stereocenters. The average molecular weight is 408 g/mol. The molecule has 1 aliphatic rings. The normalized spacial score (nSPS) is 18.4. The van der Waals surface area contributed by atoms with Crippen molar-refractivity contribution >= 4 is 5.91 Å². The zero-order valence-corrected chi connectivity index (χ0v) is 16.6. The van der Waals surface area contributed by atoms with Gasteiger partial charge in [0.05, 0.1) is 12.8 Å². The summed E-state index contributed by atoms with van der Waals surface area (Å²) in [6, 6.07) is 11.1. The van der Waals surface area contributed by atoms with Crippen LogP contribution in [0.2, 0.25) is 0 Å². The van der Waals surface area contributed by atoms with Gasteiger partial charge >= 0.3 is 0 Å². The molecule has 154 valence electrons. The zero-order chi connectivity index (χ0) is 21.3. The zero-order valence-electron chi connectivity index (χ0n) is 16.6. The highest BCUT2D eigenvalue weighted by molar-refractivity contribution is 5.94. The van der Waals surface area contributed by atoms with Crippen LogP contribution in [0.25, 0.3) is 0 Å². The molecule has 30 heavy (non-hydrogen) atoms. The van der Waals surface area contributed by atoms with E-state index in [9.17, 15) is 14.0 Å². The maximum Gasteiger partial charge on any atom is 0.254 e. The number of halogens is 1. The van der Waals surface area contributed by atoms with E-state index in [-0.39, 0.29) is 29.1 Å². The van der Waals surface area contributed by atoms with Crippen LogP contribution in [0.5, 0.6) is 5.88 Å². The van der Waals surface area contributed by atoms with Crippen molar-refractivity contribution in [1.29, 1.82) is 0 Å². The Balaban J connectivity index is 1.72. The van der Waals surface area contributed by atoms with Crippen molar-refractivity contribution in [2.45, 2.75) is 18.8 Å². The fraction of sp³-hybridized carbons (Fsp3) is 0.273. The van der Waals surface area contributed by atoms with Gasteiger partial charge in [0.15, 0.2) is 0 Å². The molecule has 0 radical (unpaired) electrons. The van der Waals surface area contributed by atoms with Crippen molar-refractivity contribution in [2.75, 3.05) is 20.2 Å². The van der Waals surface area contributed by atoms with Gasteiger partial charge in [-0.2, -0.15) is 0 Å². The smallest absolute Gasteiger partial charge is 0.254 e. The number of nitrogens with one attached hydrogen (secondary N) is 1. The highest BCUT2D eigenvalue weighted by atomic mass is 19.1. The molecule has 0 aliphatic carbocycles. The van der Waals surface area contributed by atoms with E-state index < -0.39 is 0 Å². The van der Waals surface area contributed by atoms with Crippen molar-refractivity contribution < 1.29 is 13.9 Å². The number of aromatic nitrogens is 3. The molecule has 8 heteroatoms. The minimum atomic E-state index is -0.339. The minimum absolute atomic E-state index is 0.207. The number of aryl methyl sites for hydroxylation is 1. The standard InChI is InChI=1S/C22H21FN4O3/c1-13-25-19(10-20(28)26-13)17-12-27(11-16(17)15-5-3-4-6-18(15)23)22(29)14-7-8-24-21(9-14)30-2/h3-10,16-17H,11-12H2,1-2H3,(H,25,26,28)/t16-,17+/m0/s1. The van der Waals surface area contributed by atoms with Crippen LogP contribution in [0.3, 0.4) is 0 Å². The molecule has 2 aromatic heterocycles. The van der Waals surface area contributed by atoms with Crippen molar-refractivity contribution in [1.82, 2.24) is 19.9 Å². The Kier molecular flexibility index (Phi) is 5.31. The molecule has 0 bridgehead atoms. The predicted octanol–water partition coefficient (Wildman–Crippen LogP) is 2.64. The number of benzene rings is 1. The van der Waals surface area contributed by atoms with Crippen LogP contribution in [0, 0.1) is 12.7 Å². The second kappa shape index (κ2) is 8.06. The summed E-state index contributed by atoms with van der Waals surface area (Å²) in [6.45, 7) is 2.32. The molecule has 0 spiro atoms. The second-order valence-corrected chi connectivity index (χ2v) is 7.29. The van der Waals surface area contributed by atoms with Gasteiger partial charge < -0.3 is 14.6 Å². The number of hydrogen-bond donors (Lipinski definition) is 1. The predicted molar refractivity (Wildman–Crippen MR) is 108 cm³/mol. The molecule has 1 aromatic carbocycles. The summed E-state index contributed by atoms with van der Waals surface area (Å²) in [7, 11) is 1.48. The van der Waals surface area contributed by atoms with Crippen LogP contribution in [0.1, 0.15) is 39.3 Å². The molecule has 1 saturated heterocycles. The number of carbonyl (C=O) groups excluding carboxylic acids is 1. The summed E-state index contributed by atoms with van der Waals surface area (Å²) in [4.78, 5) is 38.0. The number of nitrogens with zero attached hydrogens (tertiary/aromatic N) is 3. The Labute approximate surface area is 172 Å². The molecule has 4 rings (SSSR count). The number of carbonyl (C=O) groups is 1. The number of methoxy groups -OCH3 is 1. The van der Waals surface area contributed by atoms with Gasteiger partial charge in [-0.3, -0.25) is 9.59 Å². The Morgan fingerprint density at radius 1 is 1.20 bits per heavy atom. The van der Waals surface area contributed by atoms with Crippen molar-refractivity contribution in [3.8, 4) is 5.88 Å². The van der Waals surface area contributed by atoms with Crippen LogP contribution in [0.15, 0.2) is 53.5 Å². The summed E-state index contributed by atoms with van der Waals surface area (Å²) >= 11 is 0. The fourth-order valence-corrected chi connectivity index (χ4v) is 3.99. The summed E-state index contributed by atoms with van der Waals surface area (Å²) in [5.74, 6) is -0.360. The highest BCUT2D eigenvalue weighted by Gasteiger charge is 2.39. The lowest BCUT2D eigenvalue weighted by Gasteiger charge is -2.18. The van der Waals surface area contributed by atoms with E-state index in [0.717, 1.165) is 0 Å². The van der Waals surface area contributed by atoms with Crippen LogP contribution >= 0.6 is 0 Å². The number of amides is 1. The third kappa shape index (κ3) is 3.80. The van der Waals surface area contributed by atoms with E-state index in [0.29, 0.717) is 41.6 Å². The maximum atomic E-state index is 14.6. The molecule has 1 amide bonds. The number of H-pyrrole nitrogens is 1. The molecule has 3 heterocycles. The first-order valence-corrected chi connectivity index (χ1v) is 9.58. The summed E-state index contributed by atoms with van der Waals surface area (Å²) in [5, 5.41) is 0. The molecule has 1 aliphatic heterocycles. The van der Waals surface area contributed by atoms with Gasteiger partial charge in [0.2, 0.25) is 5.88 Å². The molecule has 1 fully saturated rings. The van der Waals surface area contributed by atoms with Crippen LogP contribution in [-0.4, -0.2) is 46.0 Å². The Morgan fingerprint density at radius 3 is 2.70 bits per heavy atom. The number of aromatic amines is 1. The first kappa shape index (κ1) is 19.8. The molecule has 2 atom stereocenters. The lowest BCUT2D eigenvalue weighted by molar-refractivity contribution is 0.0788. The number of hydrogen-bond acceptors (Lipinski definition) is 5. The molecule has 7 nitrogen and oxygen atoms in total. The molecule has 3 aromatic rings. The molecule has 1 N–H and O–H groups in total. The molecular weight excluding hydrogens is 387 g/mol. The SMILES string of the molecule is COc1cc(C(=O)N2C[C@@H](c3cc(=O)[nH]c(C)n3)[C@H](c3ccccc3F)C2)ccn1. The van der Waals surface area contributed by atoms with Crippen molar-refractivity contribution in [3.63, 3.8) is 0 Å². The van der Waals surface area contributed by atoms with E-state index in [1.54, 1.807) is 42.2 Å². The van der Waals surface area contributed by atoms with Crippen LogP contribution in [0.4, 0.5) is 4.39 Å². The number of pyridine rings is 1. The van der Waals surface area contributed by atoms with E-state index >= 15 is 0 Å². The molecular formula is C22H21FN4O3. The summed E-state index contributed by atoms with van der Waals surface area (Å²) in [6.07, 6.45) is 1.51. The fourth-order valence-electron chi connectivity index (χ4n) is 3.99. The van der Waals surface area contributed by atoms with E-state index in [1.807, 2.05) is 0 Å². The van der Waals surface area contributed by atoms with Gasteiger partial charge in [0.25, 0.3) is 11.5 Å². The monoisotopic (exact) mass is 408 g/mol. The number of ether oxygens (including phenoxy) is 1. The topological polar surface area (TPSA) is 88.2 Å². The number of rotatable bonds is 4.